The summed E-state index contributed by atoms with van der Waals surface area (Å²) in [6.07, 6.45) is 0. The van der Waals surface area contributed by atoms with E-state index in [-0.39, 0.29) is 5.75 Å². The number of esters is 1. The molecule has 23 heavy (non-hydrogen) atoms. The number of carbonyl (C=O) groups is 1. The third-order valence-electron chi connectivity index (χ3n) is 3.38. The van der Waals surface area contributed by atoms with Crippen molar-refractivity contribution in [3.8, 4) is 11.5 Å². The van der Waals surface area contributed by atoms with Crippen molar-refractivity contribution in [3.05, 3.63) is 71.8 Å². The number of methoxy groups -OCH3 is 1. The maximum Gasteiger partial charge on any atom is 0.346 e. The van der Waals surface area contributed by atoms with Crippen molar-refractivity contribution in [2.45, 2.75) is 0 Å². The van der Waals surface area contributed by atoms with Gasteiger partial charge in [-0.05, 0) is 53.2 Å². The Morgan fingerprint density at radius 1 is 0.870 bits per heavy atom. The zero-order valence-corrected chi connectivity index (χ0v) is 12.2. The third-order valence-corrected chi connectivity index (χ3v) is 3.38. The molecule has 0 saturated heterocycles. The van der Waals surface area contributed by atoms with Gasteiger partial charge in [-0.3, -0.25) is 0 Å². The number of fused-ring (bicyclic) bond motifs is 1. The number of hydrogen-bond donors (Lipinski definition) is 0. The molecule has 0 fully saturated rings. The minimum Gasteiger partial charge on any atom is -0.497 e. The first kappa shape index (κ1) is 15.0. The Balaban J connectivity index is 1.91. The SMILES string of the molecule is COc1ccc2ccc(OC(=O)c3cc(F)ccc3F)cc2c1. The van der Waals surface area contributed by atoms with Crippen molar-refractivity contribution in [3.63, 3.8) is 0 Å². The summed E-state index contributed by atoms with van der Waals surface area (Å²) >= 11 is 0. The van der Waals surface area contributed by atoms with Crippen molar-refractivity contribution in [1.82, 2.24) is 0 Å². The summed E-state index contributed by atoms with van der Waals surface area (Å²) < 4.78 is 37.0. The molecule has 0 aliphatic carbocycles. The average molecular weight is 314 g/mol. The van der Waals surface area contributed by atoms with Crippen molar-refractivity contribution in [1.29, 1.82) is 0 Å². The first-order valence-electron chi connectivity index (χ1n) is 6.82. The van der Waals surface area contributed by atoms with E-state index < -0.39 is 23.2 Å². The maximum atomic E-state index is 13.6. The lowest BCUT2D eigenvalue weighted by Gasteiger charge is -2.07. The molecule has 0 saturated carbocycles. The van der Waals surface area contributed by atoms with Crippen LogP contribution in [-0.4, -0.2) is 13.1 Å². The van der Waals surface area contributed by atoms with Crippen molar-refractivity contribution >= 4 is 16.7 Å². The highest BCUT2D eigenvalue weighted by Gasteiger charge is 2.15. The van der Waals surface area contributed by atoms with E-state index in [0.29, 0.717) is 5.75 Å². The second kappa shape index (κ2) is 6.04. The van der Waals surface area contributed by atoms with Gasteiger partial charge in [-0.2, -0.15) is 0 Å². The van der Waals surface area contributed by atoms with Gasteiger partial charge in [0.05, 0.1) is 12.7 Å². The smallest absolute Gasteiger partial charge is 0.346 e. The second-order valence-electron chi connectivity index (χ2n) is 4.89. The van der Waals surface area contributed by atoms with Gasteiger partial charge < -0.3 is 9.47 Å². The Bertz CT molecular complexity index is 891. The van der Waals surface area contributed by atoms with Crippen LogP contribution in [-0.2, 0) is 0 Å². The van der Waals surface area contributed by atoms with Crippen LogP contribution in [0.4, 0.5) is 8.78 Å². The molecular formula is C18H12F2O3. The van der Waals surface area contributed by atoms with Crippen molar-refractivity contribution < 1.29 is 23.0 Å². The van der Waals surface area contributed by atoms with Gasteiger partial charge in [-0.25, -0.2) is 13.6 Å². The predicted octanol–water partition coefficient (Wildman–Crippen LogP) is 4.35. The van der Waals surface area contributed by atoms with Gasteiger partial charge in [-0.1, -0.05) is 12.1 Å². The van der Waals surface area contributed by atoms with Gasteiger partial charge in [0.25, 0.3) is 0 Å². The van der Waals surface area contributed by atoms with Crippen molar-refractivity contribution in [2.24, 2.45) is 0 Å². The molecule has 0 aliphatic rings. The predicted molar refractivity (Wildman–Crippen MR) is 81.8 cm³/mol. The molecule has 0 N–H and O–H groups in total. The number of halogens is 2. The molecule has 3 rings (SSSR count). The summed E-state index contributed by atoms with van der Waals surface area (Å²) in [7, 11) is 1.55. The summed E-state index contributed by atoms with van der Waals surface area (Å²) in [4.78, 5) is 12.0. The standard InChI is InChI=1S/C18H12F2O3/c1-22-14-5-2-11-3-6-15(9-12(11)8-14)23-18(21)16-10-13(19)4-7-17(16)20/h2-10H,1H3. The van der Waals surface area contributed by atoms with E-state index >= 15 is 0 Å². The Hall–Kier alpha value is -2.95. The van der Waals surface area contributed by atoms with Crippen molar-refractivity contribution in [2.75, 3.05) is 7.11 Å². The fraction of sp³-hybridized carbons (Fsp3) is 0.0556. The highest BCUT2D eigenvalue weighted by molar-refractivity contribution is 5.92. The van der Waals surface area contributed by atoms with Crippen LogP contribution < -0.4 is 9.47 Å². The van der Waals surface area contributed by atoms with Crippen LogP contribution in [0.15, 0.2) is 54.6 Å². The van der Waals surface area contributed by atoms with Gasteiger partial charge in [0.2, 0.25) is 0 Å². The topological polar surface area (TPSA) is 35.5 Å². The van der Waals surface area contributed by atoms with Gasteiger partial charge in [0.15, 0.2) is 0 Å². The minimum atomic E-state index is -0.954. The Kier molecular flexibility index (Phi) is 3.93. The summed E-state index contributed by atoms with van der Waals surface area (Å²) in [6, 6.07) is 13.1. The molecule has 0 bridgehead atoms. The van der Waals surface area contributed by atoms with E-state index in [1.54, 1.807) is 31.4 Å². The Labute approximate surface area is 131 Å². The van der Waals surface area contributed by atoms with Gasteiger partial charge in [-0.15, -0.1) is 0 Å². The molecule has 3 aromatic carbocycles. The van der Waals surface area contributed by atoms with Crippen LogP contribution in [0.5, 0.6) is 11.5 Å². The number of hydrogen-bond acceptors (Lipinski definition) is 3. The van der Waals surface area contributed by atoms with Gasteiger partial charge in [0.1, 0.15) is 23.1 Å². The Morgan fingerprint density at radius 2 is 1.57 bits per heavy atom. The van der Waals surface area contributed by atoms with E-state index in [1.807, 2.05) is 12.1 Å². The average Bonchev–Trinajstić information content (AvgIpc) is 2.56. The van der Waals surface area contributed by atoms with Gasteiger partial charge in [0, 0.05) is 0 Å². The normalized spacial score (nSPS) is 10.6. The fourth-order valence-electron chi connectivity index (χ4n) is 2.21. The number of benzene rings is 3. The van der Waals surface area contributed by atoms with Crippen LogP contribution in [0.1, 0.15) is 10.4 Å². The van der Waals surface area contributed by atoms with E-state index in [0.717, 1.165) is 29.0 Å². The molecule has 0 unspecified atom stereocenters. The number of rotatable bonds is 3. The van der Waals surface area contributed by atoms with Gasteiger partial charge >= 0.3 is 5.97 Å². The second-order valence-corrected chi connectivity index (χ2v) is 4.89. The summed E-state index contributed by atoms with van der Waals surface area (Å²) in [5, 5.41) is 1.73. The lowest BCUT2D eigenvalue weighted by molar-refractivity contribution is 0.0729. The lowest BCUT2D eigenvalue weighted by Crippen LogP contribution is -2.11. The number of ether oxygens (including phenoxy) is 2. The summed E-state index contributed by atoms with van der Waals surface area (Å²) in [5.74, 6) is -1.60. The fourth-order valence-corrected chi connectivity index (χ4v) is 2.21. The Morgan fingerprint density at radius 3 is 2.30 bits per heavy atom. The molecule has 0 atom stereocenters. The molecular weight excluding hydrogens is 302 g/mol. The van der Waals surface area contributed by atoms with Crippen LogP contribution in [0, 0.1) is 11.6 Å². The van der Waals surface area contributed by atoms with E-state index in [4.69, 9.17) is 9.47 Å². The molecule has 0 heterocycles. The van der Waals surface area contributed by atoms with E-state index in [1.165, 1.54) is 0 Å². The van der Waals surface area contributed by atoms with Crippen LogP contribution in [0.3, 0.4) is 0 Å². The van der Waals surface area contributed by atoms with Crippen LogP contribution in [0.25, 0.3) is 10.8 Å². The quantitative estimate of drug-likeness (QED) is 0.533. The largest absolute Gasteiger partial charge is 0.497 e. The first-order valence-corrected chi connectivity index (χ1v) is 6.82. The molecule has 0 amide bonds. The van der Waals surface area contributed by atoms with E-state index in [9.17, 15) is 13.6 Å². The van der Waals surface area contributed by atoms with E-state index in [2.05, 4.69) is 0 Å². The summed E-state index contributed by atoms with van der Waals surface area (Å²) in [5.41, 5.74) is -0.448. The molecule has 0 aromatic heterocycles. The van der Waals surface area contributed by atoms with Crippen LogP contribution in [0.2, 0.25) is 0 Å². The highest BCUT2D eigenvalue weighted by atomic mass is 19.1. The minimum absolute atomic E-state index is 0.236. The molecule has 116 valence electrons. The molecule has 0 spiro atoms. The van der Waals surface area contributed by atoms with Crippen LogP contribution >= 0.6 is 0 Å². The molecule has 0 aliphatic heterocycles. The zero-order valence-electron chi connectivity index (χ0n) is 12.2. The third kappa shape index (κ3) is 3.13. The highest BCUT2D eigenvalue weighted by Crippen LogP contribution is 2.25. The molecule has 3 nitrogen and oxygen atoms in total. The molecule has 5 heteroatoms. The number of carbonyl (C=O) groups excluding carboxylic acids is 1. The molecule has 0 radical (unpaired) electrons. The molecule has 3 aromatic rings. The summed E-state index contributed by atoms with van der Waals surface area (Å²) in [6.45, 7) is 0. The zero-order chi connectivity index (χ0) is 16.4. The monoisotopic (exact) mass is 314 g/mol. The maximum absolute atomic E-state index is 13.6. The lowest BCUT2D eigenvalue weighted by atomic mass is 10.1. The first-order chi connectivity index (χ1) is 11.1.